The number of hydrogen-bond donors (Lipinski definition) is 0. The van der Waals surface area contributed by atoms with Crippen molar-refractivity contribution in [2.45, 2.75) is 0 Å². The fourth-order valence-corrected chi connectivity index (χ4v) is 10.4. The average Bonchev–Trinajstić information content (AvgIpc) is 3.79. The highest BCUT2D eigenvalue weighted by Gasteiger charge is 2.19. The molecule has 0 saturated carbocycles. The Morgan fingerprint density at radius 1 is 0.299 bits per heavy atom. The summed E-state index contributed by atoms with van der Waals surface area (Å²) in [5.41, 5.74) is 11.8. The molecule has 0 saturated heterocycles. The van der Waals surface area contributed by atoms with Gasteiger partial charge in [-0.05, 0) is 90.6 Å². The summed E-state index contributed by atoms with van der Waals surface area (Å²) in [6.45, 7) is 0. The molecule has 4 heteroatoms. The molecule has 0 amide bonds. The summed E-state index contributed by atoms with van der Waals surface area (Å²) in [6, 6.07) is 79.7. The van der Waals surface area contributed by atoms with Crippen molar-refractivity contribution in [1.82, 2.24) is 15.0 Å². The minimum atomic E-state index is 0.697. The molecule has 0 radical (unpaired) electrons. The largest absolute Gasteiger partial charge is 0.455 e. The van der Waals surface area contributed by atoms with Gasteiger partial charge in [-0.3, -0.25) is 0 Å². The smallest absolute Gasteiger partial charge is 0.161 e. The number of fused-ring (bicyclic) bond motifs is 13. The third-order valence-electron chi connectivity index (χ3n) is 13.7. The van der Waals surface area contributed by atoms with Crippen LogP contribution in [-0.2, 0) is 0 Å². The Bertz CT molecular complexity index is 4180. The van der Waals surface area contributed by atoms with Crippen molar-refractivity contribution in [2.75, 3.05) is 0 Å². The van der Waals surface area contributed by atoms with Gasteiger partial charge in [0.25, 0.3) is 0 Å². The van der Waals surface area contributed by atoms with Gasteiger partial charge >= 0.3 is 0 Å². The Balaban J connectivity index is 0.889. The van der Waals surface area contributed by atoms with Crippen LogP contribution in [-0.4, -0.2) is 15.0 Å². The highest BCUT2D eigenvalue weighted by molar-refractivity contribution is 6.25. The van der Waals surface area contributed by atoms with Gasteiger partial charge in [0.05, 0.1) is 22.6 Å². The van der Waals surface area contributed by atoms with E-state index in [1.165, 1.54) is 26.9 Å². The van der Waals surface area contributed by atoms with E-state index in [0.29, 0.717) is 5.82 Å². The molecule has 0 spiro atoms. The molecule has 67 heavy (non-hydrogen) atoms. The van der Waals surface area contributed by atoms with Gasteiger partial charge in [-0.25, -0.2) is 15.0 Å². The number of hydrogen-bond acceptors (Lipinski definition) is 4. The van der Waals surface area contributed by atoms with Crippen LogP contribution in [0.25, 0.3) is 143 Å². The third kappa shape index (κ3) is 5.97. The minimum Gasteiger partial charge on any atom is -0.455 e. The first-order valence-electron chi connectivity index (χ1n) is 22.7. The van der Waals surface area contributed by atoms with Gasteiger partial charge in [0.1, 0.15) is 11.2 Å². The molecule has 3 heterocycles. The SMILES string of the molecule is c1ccc2c(c1)cc(-c1cc(-c3ccc(-c4ccc(-c5nc6ccccc6c6c5ccc5c7ccccc7oc56)cc4)cc3)nc(-c3cc4ccccc4c4ccccc34)n1)c1ccccc12. The molecular formula is C63H37N3O. The predicted octanol–water partition coefficient (Wildman–Crippen LogP) is 17.0. The summed E-state index contributed by atoms with van der Waals surface area (Å²) in [6.07, 6.45) is 0. The number of benzene rings is 11. The van der Waals surface area contributed by atoms with E-state index < -0.39 is 0 Å². The van der Waals surface area contributed by atoms with Crippen molar-refractivity contribution >= 4 is 86.7 Å². The second-order valence-electron chi connectivity index (χ2n) is 17.4. The maximum atomic E-state index is 6.57. The third-order valence-corrected chi connectivity index (χ3v) is 13.7. The Morgan fingerprint density at radius 3 is 1.48 bits per heavy atom. The molecule has 310 valence electrons. The van der Waals surface area contributed by atoms with Crippen LogP contribution in [0.4, 0.5) is 0 Å². The number of rotatable bonds is 5. The summed E-state index contributed by atoms with van der Waals surface area (Å²) in [5, 5.41) is 14.9. The van der Waals surface area contributed by atoms with Crippen molar-refractivity contribution in [3.63, 3.8) is 0 Å². The molecule has 0 N–H and O–H groups in total. The molecular weight excluding hydrogens is 815 g/mol. The van der Waals surface area contributed by atoms with Gasteiger partial charge in [-0.2, -0.15) is 0 Å². The van der Waals surface area contributed by atoms with Gasteiger partial charge in [0.2, 0.25) is 0 Å². The molecule has 11 aromatic carbocycles. The van der Waals surface area contributed by atoms with E-state index in [1.807, 2.05) is 12.1 Å². The molecule has 0 unspecified atom stereocenters. The number of aromatic nitrogens is 3. The lowest BCUT2D eigenvalue weighted by Gasteiger charge is -2.15. The summed E-state index contributed by atoms with van der Waals surface area (Å²) in [5.74, 6) is 0.697. The van der Waals surface area contributed by atoms with E-state index in [2.05, 4.69) is 212 Å². The van der Waals surface area contributed by atoms with Gasteiger partial charge in [0.15, 0.2) is 5.82 Å². The predicted molar refractivity (Wildman–Crippen MR) is 279 cm³/mol. The maximum absolute atomic E-state index is 6.57. The number of pyridine rings is 1. The summed E-state index contributed by atoms with van der Waals surface area (Å²) in [4.78, 5) is 16.1. The van der Waals surface area contributed by atoms with Crippen LogP contribution in [0.15, 0.2) is 229 Å². The summed E-state index contributed by atoms with van der Waals surface area (Å²) >= 11 is 0. The minimum absolute atomic E-state index is 0.697. The van der Waals surface area contributed by atoms with Gasteiger partial charge in [0, 0.05) is 49.2 Å². The van der Waals surface area contributed by atoms with E-state index in [-0.39, 0.29) is 0 Å². The maximum Gasteiger partial charge on any atom is 0.161 e. The molecule has 0 aliphatic heterocycles. The molecule has 0 atom stereocenters. The molecule has 14 rings (SSSR count). The number of nitrogens with zero attached hydrogens (tertiary/aromatic N) is 3. The lowest BCUT2D eigenvalue weighted by molar-refractivity contribution is 0.673. The lowest BCUT2D eigenvalue weighted by Crippen LogP contribution is -1.98. The Labute approximate surface area is 385 Å². The summed E-state index contributed by atoms with van der Waals surface area (Å²) in [7, 11) is 0. The standard InChI is InChI=1S/C63H37N3O/c1-3-15-44-42(13-1)35-54(48-19-7-5-17-46(44)48)58-37-57(65-63(66-58)55-36-43-14-2-4-16-45(43)47-18-6-8-20-49(47)55)40-29-25-38(26-30-40)39-27-31-41(32-28-39)61-53-34-33-51-50-21-10-12-24-59(50)67-62(51)60(53)52-22-9-11-23-56(52)64-61/h1-37H. The van der Waals surface area contributed by atoms with E-state index in [4.69, 9.17) is 19.4 Å². The Morgan fingerprint density at radius 2 is 0.791 bits per heavy atom. The quantitative estimate of drug-likeness (QED) is 0.162. The molecule has 0 fully saturated rings. The van der Waals surface area contributed by atoms with Crippen molar-refractivity contribution in [3.8, 4) is 56.3 Å². The summed E-state index contributed by atoms with van der Waals surface area (Å²) < 4.78 is 6.57. The van der Waals surface area contributed by atoms with Crippen LogP contribution in [0.1, 0.15) is 0 Å². The van der Waals surface area contributed by atoms with Gasteiger partial charge in [-0.1, -0.05) is 188 Å². The van der Waals surface area contributed by atoms with Crippen LogP contribution in [0.2, 0.25) is 0 Å². The first-order valence-corrected chi connectivity index (χ1v) is 22.7. The van der Waals surface area contributed by atoms with Crippen LogP contribution >= 0.6 is 0 Å². The van der Waals surface area contributed by atoms with Crippen molar-refractivity contribution in [3.05, 3.63) is 224 Å². The molecule has 0 bridgehead atoms. The van der Waals surface area contributed by atoms with Gasteiger partial charge < -0.3 is 4.42 Å². The molecule has 4 nitrogen and oxygen atoms in total. The highest BCUT2D eigenvalue weighted by atomic mass is 16.3. The van der Waals surface area contributed by atoms with Gasteiger partial charge in [-0.15, -0.1) is 0 Å². The van der Waals surface area contributed by atoms with E-state index in [0.717, 1.165) is 110 Å². The molecule has 0 aliphatic rings. The zero-order valence-corrected chi connectivity index (χ0v) is 36.1. The monoisotopic (exact) mass is 851 g/mol. The topological polar surface area (TPSA) is 51.8 Å². The van der Waals surface area contributed by atoms with E-state index in [9.17, 15) is 0 Å². The van der Waals surface area contributed by atoms with Crippen LogP contribution < -0.4 is 0 Å². The van der Waals surface area contributed by atoms with Crippen LogP contribution in [0, 0.1) is 0 Å². The average molecular weight is 852 g/mol. The fourth-order valence-electron chi connectivity index (χ4n) is 10.4. The number of furan rings is 1. The Kier molecular flexibility index (Phi) is 8.25. The van der Waals surface area contributed by atoms with Crippen LogP contribution in [0.5, 0.6) is 0 Å². The lowest BCUT2D eigenvalue weighted by atomic mass is 9.94. The second kappa shape index (κ2) is 14.8. The second-order valence-corrected chi connectivity index (χ2v) is 17.4. The first-order chi connectivity index (χ1) is 33.2. The van der Waals surface area contributed by atoms with E-state index in [1.54, 1.807) is 0 Å². The fraction of sp³-hybridized carbons (Fsp3) is 0. The van der Waals surface area contributed by atoms with Crippen LogP contribution in [0.3, 0.4) is 0 Å². The van der Waals surface area contributed by atoms with E-state index >= 15 is 0 Å². The molecule has 14 aromatic rings. The number of para-hydroxylation sites is 2. The zero-order valence-electron chi connectivity index (χ0n) is 36.1. The van der Waals surface area contributed by atoms with Crippen molar-refractivity contribution in [2.24, 2.45) is 0 Å². The first kappa shape index (κ1) is 37.4. The van der Waals surface area contributed by atoms with Crippen molar-refractivity contribution in [1.29, 1.82) is 0 Å². The highest BCUT2D eigenvalue weighted by Crippen LogP contribution is 2.42. The molecule has 0 aliphatic carbocycles. The zero-order chi connectivity index (χ0) is 44.0. The normalized spacial score (nSPS) is 11.9. The Hall–Kier alpha value is -8.99. The van der Waals surface area contributed by atoms with Crippen molar-refractivity contribution < 1.29 is 4.42 Å². The molecule has 3 aromatic heterocycles.